The smallest absolute Gasteiger partial charge is 0.305 e. The standard InChI is InChI=1S/C8H16O2.C2H6.U/c1-3-5-6-7-8(9)10-4-2;1-2;/h3-7H2,1-2H3;1-2H3;. The van der Waals surface area contributed by atoms with Crippen molar-refractivity contribution >= 4 is 5.97 Å². The van der Waals surface area contributed by atoms with Crippen LogP contribution in [0.15, 0.2) is 0 Å². The average Bonchev–Trinajstić information content (AvgIpc) is 2.09. The number of carbonyl (C=O) groups excluding carboxylic acids is 1. The molecule has 2 nitrogen and oxygen atoms in total. The van der Waals surface area contributed by atoms with Crippen molar-refractivity contribution in [3.05, 3.63) is 0 Å². The van der Waals surface area contributed by atoms with Crippen LogP contribution in [0, 0.1) is 31.1 Å². The molecule has 0 N–H and O–H groups in total. The van der Waals surface area contributed by atoms with E-state index in [1.54, 1.807) is 0 Å². The van der Waals surface area contributed by atoms with Crippen molar-refractivity contribution in [2.45, 2.75) is 53.4 Å². The van der Waals surface area contributed by atoms with E-state index in [4.69, 9.17) is 4.74 Å². The summed E-state index contributed by atoms with van der Waals surface area (Å²) >= 11 is 0. The number of hydrogen-bond acceptors (Lipinski definition) is 2. The topological polar surface area (TPSA) is 26.3 Å². The number of unbranched alkanes of at least 4 members (excludes halogenated alkanes) is 2. The summed E-state index contributed by atoms with van der Waals surface area (Å²) in [5.74, 6) is -0.0593. The molecule has 0 saturated heterocycles. The Hall–Kier alpha value is 0.522. The molecule has 0 aliphatic rings. The van der Waals surface area contributed by atoms with Crippen LogP contribution in [-0.4, -0.2) is 12.6 Å². The molecule has 3 heteroatoms. The van der Waals surface area contributed by atoms with Gasteiger partial charge >= 0.3 is 5.97 Å². The van der Waals surface area contributed by atoms with Crippen LogP contribution in [0.25, 0.3) is 0 Å². The third kappa shape index (κ3) is 19.1. The molecule has 0 fully saturated rings. The van der Waals surface area contributed by atoms with Crippen LogP contribution in [0.2, 0.25) is 0 Å². The minimum atomic E-state index is -0.0593. The Bertz CT molecular complexity index is 94.9. The van der Waals surface area contributed by atoms with Crippen molar-refractivity contribution in [1.82, 2.24) is 0 Å². The van der Waals surface area contributed by atoms with Crippen LogP contribution in [0.3, 0.4) is 0 Å². The molecule has 13 heavy (non-hydrogen) atoms. The molecule has 78 valence electrons. The van der Waals surface area contributed by atoms with Crippen LogP contribution in [0.1, 0.15) is 53.4 Å². The molecule has 0 unspecified atom stereocenters. The third-order valence-corrected chi connectivity index (χ3v) is 1.29. The number of carbonyl (C=O) groups is 1. The molecule has 0 saturated carbocycles. The number of hydrogen-bond donors (Lipinski definition) is 0. The normalized spacial score (nSPS) is 7.69. The van der Waals surface area contributed by atoms with Gasteiger partial charge in [0, 0.05) is 37.5 Å². The van der Waals surface area contributed by atoms with E-state index in [1.807, 2.05) is 20.8 Å². The fourth-order valence-electron chi connectivity index (χ4n) is 0.752. The molecule has 0 spiro atoms. The minimum absolute atomic E-state index is 0. The second-order valence-electron chi connectivity index (χ2n) is 2.26. The summed E-state index contributed by atoms with van der Waals surface area (Å²) in [7, 11) is 0. The Balaban J connectivity index is -0.000000309. The summed E-state index contributed by atoms with van der Waals surface area (Å²) < 4.78 is 4.75. The summed E-state index contributed by atoms with van der Waals surface area (Å²) in [6.07, 6.45) is 3.83. The molecule has 0 radical (unpaired) electrons. The minimum Gasteiger partial charge on any atom is -0.466 e. The van der Waals surface area contributed by atoms with Crippen molar-refractivity contribution in [2.24, 2.45) is 0 Å². The molecule has 0 aromatic rings. The number of rotatable bonds is 5. The molecule has 0 heterocycles. The molecular formula is C10H22O2U. The Kier molecular flexibility index (Phi) is 27.0. The zero-order valence-corrected chi connectivity index (χ0v) is 13.5. The van der Waals surface area contributed by atoms with Gasteiger partial charge in [-0.05, 0) is 13.3 Å². The summed E-state index contributed by atoms with van der Waals surface area (Å²) in [5, 5.41) is 0. The first-order valence-electron chi connectivity index (χ1n) is 4.96. The maximum absolute atomic E-state index is 10.7. The Morgan fingerprint density at radius 1 is 1.15 bits per heavy atom. The van der Waals surface area contributed by atoms with Crippen LogP contribution in [0.4, 0.5) is 0 Å². The Morgan fingerprint density at radius 2 is 1.69 bits per heavy atom. The number of ether oxygens (including phenoxy) is 1. The van der Waals surface area contributed by atoms with Crippen LogP contribution in [0.5, 0.6) is 0 Å². The Morgan fingerprint density at radius 3 is 2.08 bits per heavy atom. The molecule has 0 aliphatic heterocycles. The van der Waals surface area contributed by atoms with E-state index in [0.29, 0.717) is 13.0 Å². The quantitative estimate of drug-likeness (QED) is 0.512. The second kappa shape index (κ2) is 18.3. The molecule has 0 aliphatic carbocycles. The molecule has 0 amide bonds. The van der Waals surface area contributed by atoms with Gasteiger partial charge in [-0.1, -0.05) is 33.6 Å². The first kappa shape index (κ1) is 19.2. The average molecular weight is 412 g/mol. The zero-order valence-electron chi connectivity index (χ0n) is 9.35. The van der Waals surface area contributed by atoms with Crippen LogP contribution in [-0.2, 0) is 9.53 Å². The predicted octanol–water partition coefficient (Wildman–Crippen LogP) is 3.16. The molecule has 0 aromatic heterocycles. The summed E-state index contributed by atoms with van der Waals surface area (Å²) in [6, 6.07) is 0. The molecule has 0 rings (SSSR count). The largest absolute Gasteiger partial charge is 0.466 e. The predicted molar refractivity (Wildman–Crippen MR) is 52.1 cm³/mol. The van der Waals surface area contributed by atoms with Crippen LogP contribution < -0.4 is 0 Å². The maximum Gasteiger partial charge on any atom is 0.305 e. The van der Waals surface area contributed by atoms with Crippen molar-refractivity contribution in [3.63, 3.8) is 0 Å². The molecule has 0 aromatic carbocycles. The van der Waals surface area contributed by atoms with E-state index in [2.05, 4.69) is 6.92 Å². The first-order valence-corrected chi connectivity index (χ1v) is 4.96. The van der Waals surface area contributed by atoms with Gasteiger partial charge in [0.25, 0.3) is 0 Å². The van der Waals surface area contributed by atoms with Gasteiger partial charge in [0.15, 0.2) is 0 Å². The van der Waals surface area contributed by atoms with Gasteiger partial charge in [-0.25, -0.2) is 0 Å². The van der Waals surface area contributed by atoms with E-state index in [1.165, 1.54) is 0 Å². The van der Waals surface area contributed by atoms with Crippen molar-refractivity contribution in [2.75, 3.05) is 6.61 Å². The van der Waals surface area contributed by atoms with Gasteiger partial charge < -0.3 is 4.74 Å². The van der Waals surface area contributed by atoms with Gasteiger partial charge in [-0.3, -0.25) is 4.79 Å². The fourth-order valence-corrected chi connectivity index (χ4v) is 0.752. The fraction of sp³-hybridized carbons (Fsp3) is 0.900. The maximum atomic E-state index is 10.7. The summed E-state index contributed by atoms with van der Waals surface area (Å²) in [4.78, 5) is 10.7. The van der Waals surface area contributed by atoms with Gasteiger partial charge in [-0.2, -0.15) is 0 Å². The van der Waals surface area contributed by atoms with Gasteiger partial charge in [-0.15, -0.1) is 0 Å². The summed E-state index contributed by atoms with van der Waals surface area (Å²) in [6.45, 7) is 8.45. The molecular weight excluding hydrogens is 390 g/mol. The zero-order chi connectivity index (χ0) is 9.82. The third-order valence-electron chi connectivity index (χ3n) is 1.29. The second-order valence-corrected chi connectivity index (χ2v) is 2.26. The van der Waals surface area contributed by atoms with E-state index >= 15 is 0 Å². The van der Waals surface area contributed by atoms with Crippen molar-refractivity contribution < 1.29 is 40.6 Å². The van der Waals surface area contributed by atoms with E-state index in [9.17, 15) is 4.79 Å². The number of esters is 1. The van der Waals surface area contributed by atoms with Crippen molar-refractivity contribution in [1.29, 1.82) is 0 Å². The van der Waals surface area contributed by atoms with Crippen LogP contribution >= 0.6 is 0 Å². The monoisotopic (exact) mass is 412 g/mol. The van der Waals surface area contributed by atoms with E-state index in [-0.39, 0.29) is 37.1 Å². The van der Waals surface area contributed by atoms with Gasteiger partial charge in [0.2, 0.25) is 0 Å². The van der Waals surface area contributed by atoms with E-state index < -0.39 is 0 Å². The SMILES string of the molecule is CC.CCCCCC(=O)OCC.[U]. The van der Waals surface area contributed by atoms with Crippen molar-refractivity contribution in [3.8, 4) is 0 Å². The molecule has 0 atom stereocenters. The first-order chi connectivity index (χ1) is 5.81. The molecule has 0 bridgehead atoms. The summed E-state index contributed by atoms with van der Waals surface area (Å²) in [5.41, 5.74) is 0. The van der Waals surface area contributed by atoms with Gasteiger partial charge in [0.05, 0.1) is 6.61 Å². The van der Waals surface area contributed by atoms with Gasteiger partial charge in [0.1, 0.15) is 0 Å². The van der Waals surface area contributed by atoms with E-state index in [0.717, 1.165) is 19.3 Å². The Labute approximate surface area is 106 Å².